The average molecular weight is 573 g/mol. The van der Waals surface area contributed by atoms with Crippen LogP contribution in [0.3, 0.4) is 0 Å². The van der Waals surface area contributed by atoms with Gasteiger partial charge >= 0.3 is 5.91 Å². The molecule has 0 saturated carbocycles. The molecule has 0 aliphatic carbocycles. The number of benzene rings is 3. The van der Waals surface area contributed by atoms with Crippen LogP contribution in [0.15, 0.2) is 66.2 Å². The summed E-state index contributed by atoms with van der Waals surface area (Å²) in [5, 5.41) is 11.8. The van der Waals surface area contributed by atoms with E-state index in [9.17, 15) is 19.1 Å². The van der Waals surface area contributed by atoms with Crippen molar-refractivity contribution in [3.8, 4) is 11.5 Å². The van der Waals surface area contributed by atoms with Crippen LogP contribution in [0.2, 0.25) is 0 Å². The first-order valence-electron chi connectivity index (χ1n) is 13.6. The zero-order valence-corrected chi connectivity index (χ0v) is 23.7. The van der Waals surface area contributed by atoms with Crippen molar-refractivity contribution in [3.05, 3.63) is 88.7 Å². The van der Waals surface area contributed by atoms with Gasteiger partial charge in [0.15, 0.2) is 5.13 Å². The number of Topliss-reactive ketones (excluding diaryl/α,β-unsaturated/α-hetero) is 1. The van der Waals surface area contributed by atoms with E-state index in [0.29, 0.717) is 46.0 Å². The molecule has 6 rings (SSSR count). The van der Waals surface area contributed by atoms with Crippen LogP contribution in [-0.4, -0.2) is 34.5 Å². The number of amides is 1. The number of fused-ring (bicyclic) bond motifs is 2. The van der Waals surface area contributed by atoms with Crippen LogP contribution < -0.4 is 14.4 Å². The molecule has 1 fully saturated rings. The summed E-state index contributed by atoms with van der Waals surface area (Å²) >= 11 is 1.11. The number of hydrogen-bond donors (Lipinski definition) is 1. The quantitative estimate of drug-likeness (QED) is 0.149. The molecule has 3 aromatic carbocycles. The fourth-order valence-electron chi connectivity index (χ4n) is 5.25. The van der Waals surface area contributed by atoms with Crippen molar-refractivity contribution in [1.29, 1.82) is 0 Å². The Balaban J connectivity index is 1.48. The molecular formula is C32H29FN2O5S. The second kappa shape index (κ2) is 10.6. The van der Waals surface area contributed by atoms with Crippen LogP contribution in [0.1, 0.15) is 49.9 Å². The van der Waals surface area contributed by atoms with Gasteiger partial charge in [0.05, 0.1) is 28.4 Å². The molecule has 2 unspecified atom stereocenters. The van der Waals surface area contributed by atoms with E-state index in [4.69, 9.17) is 9.47 Å². The largest absolute Gasteiger partial charge is 0.507 e. The van der Waals surface area contributed by atoms with E-state index >= 15 is 0 Å². The molecule has 1 amide bonds. The first-order chi connectivity index (χ1) is 19.7. The minimum absolute atomic E-state index is 0.00952. The molecule has 1 aromatic heterocycles. The Hall–Kier alpha value is -4.24. The molecule has 1 N–H and O–H groups in total. The minimum atomic E-state index is -0.975. The van der Waals surface area contributed by atoms with E-state index in [0.717, 1.165) is 29.1 Å². The van der Waals surface area contributed by atoms with Gasteiger partial charge in [-0.05, 0) is 78.9 Å². The number of anilines is 1. The van der Waals surface area contributed by atoms with E-state index in [-0.39, 0.29) is 22.6 Å². The van der Waals surface area contributed by atoms with E-state index in [1.807, 2.05) is 13.0 Å². The Morgan fingerprint density at radius 2 is 2.00 bits per heavy atom. The van der Waals surface area contributed by atoms with Crippen LogP contribution >= 0.6 is 11.3 Å². The number of nitrogens with zero attached hydrogens (tertiary/aromatic N) is 2. The smallest absolute Gasteiger partial charge is 0.301 e. The summed E-state index contributed by atoms with van der Waals surface area (Å²) in [4.78, 5) is 33.1. The van der Waals surface area contributed by atoms with Crippen LogP contribution in [0.5, 0.6) is 11.5 Å². The average Bonchev–Trinajstić information content (AvgIpc) is 3.60. The van der Waals surface area contributed by atoms with Gasteiger partial charge in [0.25, 0.3) is 5.78 Å². The molecule has 0 bridgehead atoms. The second-order valence-corrected chi connectivity index (χ2v) is 11.8. The van der Waals surface area contributed by atoms with Gasteiger partial charge in [-0.15, -0.1) is 0 Å². The van der Waals surface area contributed by atoms with E-state index in [1.165, 1.54) is 23.1 Å². The highest BCUT2D eigenvalue weighted by Crippen LogP contribution is 2.45. The number of ketones is 1. The maximum absolute atomic E-state index is 14.0. The van der Waals surface area contributed by atoms with Crippen molar-refractivity contribution < 1.29 is 28.6 Å². The van der Waals surface area contributed by atoms with Gasteiger partial charge in [-0.3, -0.25) is 14.5 Å². The normalized spacial score (nSPS) is 19.7. The molecule has 3 heterocycles. The van der Waals surface area contributed by atoms with Crippen molar-refractivity contribution >= 4 is 44.1 Å². The maximum atomic E-state index is 14.0. The number of ether oxygens (including phenoxy) is 2. The summed E-state index contributed by atoms with van der Waals surface area (Å²) in [7, 11) is 0. The fraction of sp³-hybridized carbons (Fsp3) is 0.281. The number of carbonyl (C=O) groups excluding carboxylic acids is 2. The lowest BCUT2D eigenvalue weighted by Gasteiger charge is -2.23. The molecule has 1 saturated heterocycles. The maximum Gasteiger partial charge on any atom is 0.301 e. The van der Waals surface area contributed by atoms with Crippen LogP contribution in [0.25, 0.3) is 16.0 Å². The monoisotopic (exact) mass is 572 g/mol. The summed E-state index contributed by atoms with van der Waals surface area (Å²) in [5.74, 6) is -0.559. The van der Waals surface area contributed by atoms with Gasteiger partial charge in [-0.25, -0.2) is 9.37 Å². The van der Waals surface area contributed by atoms with E-state index in [1.54, 1.807) is 36.4 Å². The third kappa shape index (κ3) is 5.06. The topological polar surface area (TPSA) is 89.0 Å². The van der Waals surface area contributed by atoms with Gasteiger partial charge in [-0.1, -0.05) is 37.3 Å². The summed E-state index contributed by atoms with van der Waals surface area (Å²) in [5.41, 5.74) is 2.37. The summed E-state index contributed by atoms with van der Waals surface area (Å²) in [6.45, 7) is 6.71. The Morgan fingerprint density at radius 3 is 2.80 bits per heavy atom. The van der Waals surface area contributed by atoms with E-state index < -0.39 is 23.5 Å². The number of aliphatic hydroxyl groups is 1. The van der Waals surface area contributed by atoms with Crippen molar-refractivity contribution in [2.24, 2.45) is 5.92 Å². The highest BCUT2D eigenvalue weighted by atomic mass is 32.1. The highest BCUT2D eigenvalue weighted by molar-refractivity contribution is 7.22. The van der Waals surface area contributed by atoms with Crippen LogP contribution in [0.4, 0.5) is 9.52 Å². The molecule has 0 radical (unpaired) electrons. The fourth-order valence-corrected chi connectivity index (χ4v) is 6.26. The zero-order chi connectivity index (χ0) is 28.8. The standard InChI is InChI=1S/C32H29FN2O5S/c1-17(2)11-12-39-23-6-4-5-19(15-23)28-27(29(36)20-7-10-25-21(14-20)13-18(3)40-25)30(37)31(38)35(28)32-34-24-9-8-22(33)16-26(24)41-32/h4-10,14-18,28,36H,11-13H2,1-3H3/b29-27+. The van der Waals surface area contributed by atoms with Gasteiger partial charge in [0.2, 0.25) is 0 Å². The molecular weight excluding hydrogens is 543 g/mol. The summed E-state index contributed by atoms with van der Waals surface area (Å²) < 4.78 is 26.3. The Labute approximate surface area is 240 Å². The Bertz CT molecular complexity index is 1710. The minimum Gasteiger partial charge on any atom is -0.507 e. The molecule has 4 aromatic rings. The molecule has 2 aliphatic rings. The Kier molecular flexibility index (Phi) is 6.99. The lowest BCUT2D eigenvalue weighted by molar-refractivity contribution is -0.132. The molecule has 2 atom stereocenters. The van der Waals surface area contributed by atoms with E-state index in [2.05, 4.69) is 18.8 Å². The number of aliphatic hydroxyl groups excluding tert-OH is 1. The van der Waals surface area contributed by atoms with Crippen molar-refractivity contribution in [3.63, 3.8) is 0 Å². The predicted octanol–water partition coefficient (Wildman–Crippen LogP) is 6.81. The Morgan fingerprint density at radius 1 is 1.17 bits per heavy atom. The van der Waals surface area contributed by atoms with Gasteiger partial charge in [0, 0.05) is 12.0 Å². The summed E-state index contributed by atoms with van der Waals surface area (Å²) in [6.07, 6.45) is 1.55. The molecule has 2 aliphatic heterocycles. The van der Waals surface area contributed by atoms with Gasteiger partial charge < -0.3 is 14.6 Å². The molecule has 9 heteroatoms. The van der Waals surface area contributed by atoms with Crippen LogP contribution in [-0.2, 0) is 16.0 Å². The molecule has 0 spiro atoms. The summed E-state index contributed by atoms with van der Waals surface area (Å²) in [6, 6.07) is 15.6. The van der Waals surface area contributed by atoms with Gasteiger partial charge in [-0.2, -0.15) is 0 Å². The highest BCUT2D eigenvalue weighted by Gasteiger charge is 2.48. The number of aromatic nitrogens is 1. The van der Waals surface area contributed by atoms with Crippen molar-refractivity contribution in [1.82, 2.24) is 4.98 Å². The van der Waals surface area contributed by atoms with Crippen molar-refractivity contribution in [2.45, 2.75) is 45.8 Å². The number of rotatable bonds is 7. The molecule has 7 nitrogen and oxygen atoms in total. The third-order valence-corrected chi connectivity index (χ3v) is 8.31. The van der Waals surface area contributed by atoms with Gasteiger partial charge in [0.1, 0.15) is 29.2 Å². The predicted molar refractivity (Wildman–Crippen MR) is 156 cm³/mol. The lowest BCUT2D eigenvalue weighted by Crippen LogP contribution is -2.29. The lowest BCUT2D eigenvalue weighted by atomic mass is 9.94. The van der Waals surface area contributed by atoms with Crippen molar-refractivity contribution in [2.75, 3.05) is 11.5 Å². The first kappa shape index (κ1) is 27.0. The number of halogens is 1. The first-order valence-corrected chi connectivity index (χ1v) is 14.4. The van der Waals surface area contributed by atoms with Crippen LogP contribution in [0, 0.1) is 11.7 Å². The zero-order valence-electron chi connectivity index (χ0n) is 22.9. The molecule has 41 heavy (non-hydrogen) atoms. The number of hydrogen-bond acceptors (Lipinski definition) is 7. The SMILES string of the molecule is CC(C)CCOc1cccc(C2/C(=C(\O)c3ccc4c(c3)CC(C)O4)C(=O)C(=O)N2c2nc3ccc(F)cc3s2)c1. The number of thiazole rings is 1. The third-order valence-electron chi connectivity index (χ3n) is 7.30. The number of carbonyl (C=O) groups is 2. The second-order valence-electron chi connectivity index (χ2n) is 10.8. The molecule has 210 valence electrons.